The predicted octanol–water partition coefficient (Wildman–Crippen LogP) is -0.0820. The molecule has 0 aliphatic carbocycles. The molecule has 3 aliphatic rings. The molecule has 0 saturated carbocycles. The molecule has 2 amide bonds. The van der Waals surface area contributed by atoms with Gasteiger partial charge >= 0.3 is 0 Å². The highest BCUT2D eigenvalue weighted by Crippen LogP contribution is 2.28. The standard InChI is InChI=1S/C24H32N6O5S/c31-20-13-30(14-21(20)32)22(33)15-27-5-7-28(8-6-27)19-4-2-1-3-17(19)25-23(34)18-16-36-24(26-18)29-9-11-35-12-10-29/h1-4,16,20-21,31-32H,5-15H2,(H,25,34). The largest absolute Gasteiger partial charge is 0.388 e. The first-order valence-electron chi connectivity index (χ1n) is 12.3. The summed E-state index contributed by atoms with van der Waals surface area (Å²) in [4.78, 5) is 38.0. The summed E-state index contributed by atoms with van der Waals surface area (Å²) >= 11 is 1.47. The number of hydrogen-bond acceptors (Lipinski definition) is 10. The van der Waals surface area contributed by atoms with Gasteiger partial charge in [-0.25, -0.2) is 4.98 Å². The van der Waals surface area contributed by atoms with E-state index >= 15 is 0 Å². The van der Waals surface area contributed by atoms with Gasteiger partial charge in [0.2, 0.25) is 5.91 Å². The third kappa shape index (κ3) is 5.62. The number of likely N-dealkylation sites (tertiary alicyclic amines) is 1. The summed E-state index contributed by atoms with van der Waals surface area (Å²) in [6, 6.07) is 7.73. The number of thiazole rings is 1. The fraction of sp³-hybridized carbons (Fsp3) is 0.542. The molecule has 1 aromatic heterocycles. The molecule has 36 heavy (non-hydrogen) atoms. The second kappa shape index (κ2) is 11.1. The van der Waals surface area contributed by atoms with Crippen LogP contribution in [0.1, 0.15) is 10.5 Å². The number of amides is 2. The van der Waals surface area contributed by atoms with E-state index in [-0.39, 0.29) is 31.4 Å². The van der Waals surface area contributed by atoms with Gasteiger partial charge in [-0.2, -0.15) is 0 Å². The number of benzene rings is 1. The van der Waals surface area contributed by atoms with E-state index in [4.69, 9.17) is 4.74 Å². The van der Waals surface area contributed by atoms with Crippen LogP contribution in [0.4, 0.5) is 16.5 Å². The van der Waals surface area contributed by atoms with Gasteiger partial charge in [0.15, 0.2) is 5.13 Å². The van der Waals surface area contributed by atoms with E-state index in [0.29, 0.717) is 45.1 Å². The Morgan fingerprint density at radius 1 is 1.00 bits per heavy atom. The molecule has 2 atom stereocenters. The van der Waals surface area contributed by atoms with Crippen LogP contribution in [0, 0.1) is 0 Å². The molecule has 12 heteroatoms. The van der Waals surface area contributed by atoms with E-state index in [9.17, 15) is 19.8 Å². The van der Waals surface area contributed by atoms with Crippen molar-refractivity contribution in [2.24, 2.45) is 0 Å². The number of ether oxygens (including phenoxy) is 1. The second-order valence-corrected chi connectivity index (χ2v) is 10.1. The molecule has 11 nitrogen and oxygen atoms in total. The molecule has 4 heterocycles. The number of anilines is 3. The number of nitrogens with zero attached hydrogens (tertiary/aromatic N) is 5. The monoisotopic (exact) mass is 516 g/mol. The van der Waals surface area contributed by atoms with Gasteiger partial charge in [-0.1, -0.05) is 12.1 Å². The molecular formula is C24H32N6O5S. The summed E-state index contributed by atoms with van der Waals surface area (Å²) in [5.41, 5.74) is 2.07. The van der Waals surface area contributed by atoms with Crippen LogP contribution in [0.5, 0.6) is 0 Å². The Balaban J connectivity index is 1.16. The Bertz CT molecular complexity index is 1060. The highest BCUT2D eigenvalue weighted by molar-refractivity contribution is 7.14. The van der Waals surface area contributed by atoms with Crippen LogP contribution in [0.2, 0.25) is 0 Å². The van der Waals surface area contributed by atoms with E-state index in [1.165, 1.54) is 16.2 Å². The van der Waals surface area contributed by atoms with Gasteiger partial charge in [-0.15, -0.1) is 11.3 Å². The minimum absolute atomic E-state index is 0.0774. The molecule has 3 saturated heterocycles. The van der Waals surface area contributed by atoms with Crippen LogP contribution in [-0.4, -0.2) is 121 Å². The van der Waals surface area contributed by atoms with Crippen molar-refractivity contribution in [2.75, 3.05) is 87.2 Å². The zero-order valence-electron chi connectivity index (χ0n) is 20.1. The normalized spacial score (nSPS) is 23.2. The summed E-state index contributed by atoms with van der Waals surface area (Å²) in [5.74, 6) is -0.316. The first-order chi connectivity index (χ1) is 17.5. The summed E-state index contributed by atoms with van der Waals surface area (Å²) in [7, 11) is 0. The SMILES string of the molecule is O=C(Nc1ccccc1N1CCN(CC(=O)N2CC(O)C(O)C2)CC1)c1csc(N2CCOCC2)n1. The van der Waals surface area contributed by atoms with Gasteiger partial charge in [-0.3, -0.25) is 14.5 Å². The Labute approximate surface area is 213 Å². The predicted molar refractivity (Wildman–Crippen MR) is 137 cm³/mol. The van der Waals surface area contributed by atoms with Gasteiger partial charge in [0.1, 0.15) is 5.69 Å². The first kappa shape index (κ1) is 24.9. The van der Waals surface area contributed by atoms with E-state index in [1.807, 2.05) is 24.3 Å². The van der Waals surface area contributed by atoms with Gasteiger partial charge in [0.25, 0.3) is 5.91 Å². The highest BCUT2D eigenvalue weighted by atomic mass is 32.1. The highest BCUT2D eigenvalue weighted by Gasteiger charge is 2.33. The molecular weight excluding hydrogens is 484 g/mol. The van der Waals surface area contributed by atoms with Gasteiger partial charge in [0.05, 0.1) is 43.3 Å². The summed E-state index contributed by atoms with van der Waals surface area (Å²) < 4.78 is 5.39. The molecule has 3 aliphatic heterocycles. The van der Waals surface area contributed by atoms with Crippen LogP contribution in [0.25, 0.3) is 0 Å². The second-order valence-electron chi connectivity index (χ2n) is 9.28. The number of β-amino-alcohol motifs (C(OH)–C–C–N with tert-alkyl or cyclic N) is 2. The quantitative estimate of drug-likeness (QED) is 0.484. The maximum Gasteiger partial charge on any atom is 0.275 e. The first-order valence-corrected chi connectivity index (χ1v) is 13.2. The van der Waals surface area contributed by atoms with Crippen molar-refractivity contribution < 1.29 is 24.5 Å². The Morgan fingerprint density at radius 2 is 1.69 bits per heavy atom. The average Bonchev–Trinajstić information content (AvgIpc) is 3.53. The number of para-hydroxylation sites is 2. The maximum atomic E-state index is 13.0. The molecule has 0 radical (unpaired) electrons. The summed E-state index contributed by atoms with van der Waals surface area (Å²) in [6.45, 7) is 6.33. The molecule has 3 N–H and O–H groups in total. The molecule has 0 spiro atoms. The Kier molecular flexibility index (Phi) is 7.67. The number of aromatic nitrogens is 1. The van der Waals surface area contributed by atoms with Crippen molar-refractivity contribution in [1.82, 2.24) is 14.8 Å². The summed E-state index contributed by atoms with van der Waals surface area (Å²) in [5, 5.41) is 25.1. The number of carbonyl (C=O) groups is 2. The number of aliphatic hydroxyl groups excluding tert-OH is 2. The number of hydrogen-bond donors (Lipinski definition) is 3. The minimum Gasteiger partial charge on any atom is -0.388 e. The lowest BCUT2D eigenvalue weighted by Crippen LogP contribution is -2.50. The molecule has 5 rings (SSSR count). The van der Waals surface area contributed by atoms with Crippen LogP contribution in [0.15, 0.2) is 29.6 Å². The van der Waals surface area contributed by atoms with Crippen molar-refractivity contribution in [2.45, 2.75) is 12.2 Å². The lowest BCUT2D eigenvalue weighted by Gasteiger charge is -2.37. The number of aliphatic hydroxyl groups is 2. The average molecular weight is 517 g/mol. The number of morpholine rings is 1. The topological polar surface area (TPSA) is 122 Å². The van der Waals surface area contributed by atoms with E-state index < -0.39 is 12.2 Å². The van der Waals surface area contributed by atoms with Crippen molar-refractivity contribution in [3.63, 3.8) is 0 Å². The van der Waals surface area contributed by atoms with E-state index in [0.717, 1.165) is 29.6 Å². The smallest absolute Gasteiger partial charge is 0.275 e. The number of piperazine rings is 1. The molecule has 3 fully saturated rings. The third-order valence-electron chi connectivity index (χ3n) is 6.84. The Hall–Kier alpha value is -2.77. The van der Waals surface area contributed by atoms with Crippen LogP contribution in [-0.2, 0) is 9.53 Å². The van der Waals surface area contributed by atoms with Crippen LogP contribution < -0.4 is 15.1 Å². The lowest BCUT2D eigenvalue weighted by atomic mass is 10.2. The van der Waals surface area contributed by atoms with Gasteiger partial charge in [-0.05, 0) is 12.1 Å². The number of carbonyl (C=O) groups excluding carboxylic acids is 2. The van der Waals surface area contributed by atoms with Crippen molar-refractivity contribution in [3.05, 3.63) is 35.3 Å². The van der Waals surface area contributed by atoms with Crippen molar-refractivity contribution >= 4 is 39.7 Å². The molecule has 2 aromatic rings. The molecule has 2 unspecified atom stereocenters. The fourth-order valence-corrected chi connectivity index (χ4v) is 5.58. The fourth-order valence-electron chi connectivity index (χ4n) is 4.72. The lowest BCUT2D eigenvalue weighted by molar-refractivity contribution is -0.132. The van der Waals surface area contributed by atoms with Crippen molar-refractivity contribution in [1.29, 1.82) is 0 Å². The maximum absolute atomic E-state index is 13.0. The van der Waals surface area contributed by atoms with E-state index in [2.05, 4.69) is 25.0 Å². The van der Waals surface area contributed by atoms with Crippen LogP contribution in [0.3, 0.4) is 0 Å². The van der Waals surface area contributed by atoms with Crippen molar-refractivity contribution in [3.8, 4) is 0 Å². The minimum atomic E-state index is -0.868. The van der Waals surface area contributed by atoms with Crippen LogP contribution >= 0.6 is 11.3 Å². The zero-order valence-corrected chi connectivity index (χ0v) is 20.9. The van der Waals surface area contributed by atoms with E-state index in [1.54, 1.807) is 5.38 Å². The molecule has 194 valence electrons. The molecule has 0 bridgehead atoms. The molecule has 1 aromatic carbocycles. The number of nitrogens with one attached hydrogen (secondary N) is 1. The van der Waals surface area contributed by atoms with Gasteiger partial charge in [0, 0.05) is 57.7 Å². The zero-order chi connectivity index (χ0) is 25.1. The Morgan fingerprint density at radius 3 is 2.42 bits per heavy atom. The number of rotatable bonds is 6. The third-order valence-corrected chi connectivity index (χ3v) is 7.74. The summed E-state index contributed by atoms with van der Waals surface area (Å²) in [6.07, 6.45) is -1.74. The van der Waals surface area contributed by atoms with Gasteiger partial charge < -0.3 is 35.0 Å².